The molecule has 0 saturated heterocycles. The van der Waals surface area contributed by atoms with Crippen molar-refractivity contribution >= 4 is 17.6 Å². The third-order valence-corrected chi connectivity index (χ3v) is 3.61. The maximum atomic E-state index is 13.6. The van der Waals surface area contributed by atoms with Crippen LogP contribution >= 0.6 is 11.6 Å². The van der Waals surface area contributed by atoms with Crippen LogP contribution in [-0.2, 0) is 17.6 Å². The Bertz CT molecular complexity index is 658. The minimum atomic E-state index is -1.04. The summed E-state index contributed by atoms with van der Waals surface area (Å²) < 4.78 is 26.6. The first kappa shape index (κ1) is 15.4. The molecule has 21 heavy (non-hydrogen) atoms. The molecule has 0 aliphatic rings. The molecule has 1 N–H and O–H groups in total. The van der Waals surface area contributed by atoms with Crippen LogP contribution in [0.1, 0.15) is 11.1 Å². The number of aliphatic carboxylic acids is 1. The number of carbonyl (C=O) groups is 1. The van der Waals surface area contributed by atoms with Crippen LogP contribution in [0.5, 0.6) is 0 Å². The smallest absolute Gasteiger partial charge is 0.307 e. The summed E-state index contributed by atoms with van der Waals surface area (Å²) in [5, 5.41) is 9.47. The highest BCUT2D eigenvalue weighted by atomic mass is 35.5. The molecule has 0 aliphatic heterocycles. The van der Waals surface area contributed by atoms with Crippen molar-refractivity contribution in [2.24, 2.45) is 5.92 Å². The van der Waals surface area contributed by atoms with Crippen molar-refractivity contribution in [2.75, 3.05) is 0 Å². The minimum Gasteiger partial charge on any atom is -0.481 e. The van der Waals surface area contributed by atoms with Crippen molar-refractivity contribution in [2.45, 2.75) is 12.8 Å². The monoisotopic (exact) mass is 310 g/mol. The van der Waals surface area contributed by atoms with Crippen molar-refractivity contribution in [3.63, 3.8) is 0 Å². The third kappa shape index (κ3) is 4.02. The highest BCUT2D eigenvalue weighted by Gasteiger charge is 2.21. The second kappa shape index (κ2) is 6.68. The average Bonchev–Trinajstić information content (AvgIpc) is 2.42. The molecular weight excluding hydrogens is 298 g/mol. The Kier molecular flexibility index (Phi) is 4.91. The summed E-state index contributed by atoms with van der Waals surface area (Å²) in [7, 11) is 0. The van der Waals surface area contributed by atoms with Gasteiger partial charge in [-0.2, -0.15) is 0 Å². The number of benzene rings is 2. The van der Waals surface area contributed by atoms with Gasteiger partial charge in [0, 0.05) is 5.02 Å². The van der Waals surface area contributed by atoms with Crippen LogP contribution in [0.3, 0.4) is 0 Å². The molecule has 0 amide bonds. The molecule has 1 unspecified atom stereocenters. The van der Waals surface area contributed by atoms with Crippen LogP contribution in [0.25, 0.3) is 0 Å². The predicted octanol–water partition coefficient (Wildman–Crippen LogP) is 4.10. The summed E-state index contributed by atoms with van der Waals surface area (Å²) in [5.74, 6) is -2.79. The normalized spacial score (nSPS) is 12.1. The lowest BCUT2D eigenvalue weighted by molar-refractivity contribution is -0.141. The van der Waals surface area contributed by atoms with E-state index in [0.717, 1.165) is 6.07 Å². The summed E-state index contributed by atoms with van der Waals surface area (Å²) in [6.07, 6.45) is 0.165. The minimum absolute atomic E-state index is 0.0513. The zero-order chi connectivity index (χ0) is 15.4. The second-order valence-corrected chi connectivity index (χ2v) is 5.18. The second-order valence-electron chi connectivity index (χ2n) is 4.77. The van der Waals surface area contributed by atoms with Gasteiger partial charge in [0.05, 0.1) is 5.92 Å². The zero-order valence-corrected chi connectivity index (χ0v) is 11.8. The van der Waals surface area contributed by atoms with E-state index in [2.05, 4.69) is 0 Å². The van der Waals surface area contributed by atoms with E-state index < -0.39 is 23.5 Å². The molecule has 0 heterocycles. The Morgan fingerprint density at radius 3 is 2.38 bits per heavy atom. The molecule has 5 heteroatoms. The third-order valence-electron chi connectivity index (χ3n) is 3.25. The lowest BCUT2D eigenvalue weighted by Crippen LogP contribution is -2.20. The molecule has 0 radical (unpaired) electrons. The molecule has 110 valence electrons. The number of halogens is 3. The van der Waals surface area contributed by atoms with Gasteiger partial charge in [0.25, 0.3) is 0 Å². The topological polar surface area (TPSA) is 37.3 Å². The summed E-state index contributed by atoms with van der Waals surface area (Å²) >= 11 is 5.91. The molecule has 2 rings (SSSR count). The molecule has 0 saturated carbocycles. The first-order valence-electron chi connectivity index (χ1n) is 6.37. The van der Waals surface area contributed by atoms with Gasteiger partial charge in [-0.3, -0.25) is 4.79 Å². The first-order chi connectivity index (χ1) is 9.97. The number of hydrogen-bond donors (Lipinski definition) is 1. The van der Waals surface area contributed by atoms with Gasteiger partial charge in [0.1, 0.15) is 11.6 Å². The molecule has 0 fully saturated rings. The molecule has 2 nitrogen and oxygen atoms in total. The quantitative estimate of drug-likeness (QED) is 0.902. The zero-order valence-electron chi connectivity index (χ0n) is 11.0. The molecule has 0 bridgehead atoms. The van der Waals surface area contributed by atoms with Gasteiger partial charge in [-0.25, -0.2) is 8.78 Å². The molecular formula is C16H13ClF2O2. The van der Waals surface area contributed by atoms with Crippen molar-refractivity contribution in [3.8, 4) is 0 Å². The van der Waals surface area contributed by atoms with Crippen LogP contribution in [0.4, 0.5) is 8.78 Å². The number of carboxylic acid groups (broad SMARTS) is 1. The number of carboxylic acids is 1. The van der Waals surface area contributed by atoms with E-state index in [1.54, 1.807) is 18.2 Å². The van der Waals surface area contributed by atoms with Crippen LogP contribution in [0, 0.1) is 17.6 Å². The molecule has 1 atom stereocenters. The molecule has 2 aromatic rings. The lowest BCUT2D eigenvalue weighted by atomic mass is 9.92. The summed E-state index contributed by atoms with van der Waals surface area (Å²) in [5.41, 5.74) is 0.866. The molecule has 0 spiro atoms. The number of rotatable bonds is 5. The highest BCUT2D eigenvalue weighted by molar-refractivity contribution is 6.31. The van der Waals surface area contributed by atoms with E-state index in [1.807, 2.05) is 0 Å². The summed E-state index contributed by atoms with van der Waals surface area (Å²) in [6.45, 7) is 0. The van der Waals surface area contributed by atoms with Crippen LogP contribution < -0.4 is 0 Å². The van der Waals surface area contributed by atoms with Crippen molar-refractivity contribution in [1.82, 2.24) is 0 Å². The van der Waals surface area contributed by atoms with Gasteiger partial charge in [-0.1, -0.05) is 35.9 Å². The largest absolute Gasteiger partial charge is 0.481 e. The van der Waals surface area contributed by atoms with Gasteiger partial charge in [0.15, 0.2) is 0 Å². The predicted molar refractivity (Wildman–Crippen MR) is 76.3 cm³/mol. The maximum Gasteiger partial charge on any atom is 0.307 e. The average molecular weight is 311 g/mol. The van der Waals surface area contributed by atoms with E-state index >= 15 is 0 Å². The van der Waals surface area contributed by atoms with Crippen LogP contribution in [-0.4, -0.2) is 11.1 Å². The highest BCUT2D eigenvalue weighted by Crippen LogP contribution is 2.23. The van der Waals surface area contributed by atoms with E-state index in [4.69, 9.17) is 11.6 Å². The van der Waals surface area contributed by atoms with Gasteiger partial charge < -0.3 is 5.11 Å². The molecule has 0 aromatic heterocycles. The molecule has 0 aliphatic carbocycles. The van der Waals surface area contributed by atoms with Crippen LogP contribution in [0.2, 0.25) is 5.02 Å². The van der Waals surface area contributed by atoms with Gasteiger partial charge in [0.2, 0.25) is 0 Å². The van der Waals surface area contributed by atoms with Crippen molar-refractivity contribution in [1.29, 1.82) is 0 Å². The number of hydrogen-bond acceptors (Lipinski definition) is 1. The SMILES string of the molecule is O=C(O)C(Cc1ccccc1F)Cc1ccc(F)cc1Cl. The fourth-order valence-corrected chi connectivity index (χ4v) is 2.37. The Morgan fingerprint density at radius 1 is 1.10 bits per heavy atom. The Balaban J connectivity index is 2.20. The summed E-state index contributed by atoms with van der Waals surface area (Å²) in [6, 6.07) is 9.86. The standard InChI is InChI=1S/C16H13ClF2O2/c17-14-9-13(18)6-5-10(14)7-12(16(20)21)8-11-3-1-2-4-15(11)19/h1-6,9,12H,7-8H2,(H,20,21). The van der Waals surface area contributed by atoms with Gasteiger partial charge in [-0.05, 0) is 42.2 Å². The van der Waals surface area contributed by atoms with E-state index in [0.29, 0.717) is 11.1 Å². The lowest BCUT2D eigenvalue weighted by Gasteiger charge is -2.14. The van der Waals surface area contributed by atoms with E-state index in [-0.39, 0.29) is 17.9 Å². The molecule has 2 aromatic carbocycles. The van der Waals surface area contributed by atoms with E-state index in [1.165, 1.54) is 18.2 Å². The van der Waals surface area contributed by atoms with E-state index in [9.17, 15) is 18.7 Å². The van der Waals surface area contributed by atoms with Gasteiger partial charge >= 0.3 is 5.97 Å². The van der Waals surface area contributed by atoms with Crippen molar-refractivity contribution in [3.05, 3.63) is 70.2 Å². The first-order valence-corrected chi connectivity index (χ1v) is 6.75. The summed E-state index contributed by atoms with van der Waals surface area (Å²) in [4.78, 5) is 11.4. The maximum absolute atomic E-state index is 13.6. The Hall–Kier alpha value is -1.94. The van der Waals surface area contributed by atoms with Crippen LogP contribution in [0.15, 0.2) is 42.5 Å². The van der Waals surface area contributed by atoms with Gasteiger partial charge in [-0.15, -0.1) is 0 Å². The Labute approximate surface area is 126 Å². The Morgan fingerprint density at radius 2 is 1.76 bits per heavy atom. The van der Waals surface area contributed by atoms with Crippen molar-refractivity contribution < 1.29 is 18.7 Å². The fraction of sp³-hybridized carbons (Fsp3) is 0.188. The fourth-order valence-electron chi connectivity index (χ4n) is 2.13.